The van der Waals surface area contributed by atoms with Crippen LogP contribution in [0, 0.1) is 18.8 Å². The number of ether oxygens (including phenoxy) is 2. The van der Waals surface area contributed by atoms with Crippen molar-refractivity contribution in [3.05, 3.63) is 53.6 Å². The zero-order valence-corrected chi connectivity index (χ0v) is 16.3. The Hall–Kier alpha value is -2.38. The first-order chi connectivity index (χ1) is 12.9. The average Bonchev–Trinajstić information content (AvgIpc) is 3.45. The number of rotatable bonds is 8. The predicted octanol–water partition coefficient (Wildman–Crippen LogP) is 3.24. The maximum atomic E-state index is 12.6. The second-order valence-electron chi connectivity index (χ2n) is 6.59. The Labute approximate surface area is 159 Å². The van der Waals surface area contributed by atoms with Crippen molar-refractivity contribution in [2.75, 3.05) is 20.8 Å². The maximum absolute atomic E-state index is 12.6. The van der Waals surface area contributed by atoms with Crippen molar-refractivity contribution in [2.24, 2.45) is 11.8 Å². The summed E-state index contributed by atoms with van der Waals surface area (Å²) in [5, 5.41) is 0. The van der Waals surface area contributed by atoms with Gasteiger partial charge in [0.15, 0.2) is 17.3 Å². The third kappa shape index (κ3) is 4.31. The van der Waals surface area contributed by atoms with Gasteiger partial charge in [-0.3, -0.25) is 8.98 Å². The lowest BCUT2D eigenvalue weighted by atomic mass is 10.1. The van der Waals surface area contributed by atoms with E-state index in [4.69, 9.17) is 13.7 Å². The molecule has 0 amide bonds. The first kappa shape index (κ1) is 19.4. The van der Waals surface area contributed by atoms with Crippen molar-refractivity contribution in [3.8, 4) is 11.5 Å². The van der Waals surface area contributed by atoms with Crippen LogP contribution in [-0.2, 0) is 14.3 Å². The lowest BCUT2D eigenvalue weighted by molar-refractivity contribution is 0.0955. The van der Waals surface area contributed by atoms with Crippen LogP contribution in [0.25, 0.3) is 0 Å². The molecule has 2 aromatic rings. The molecule has 27 heavy (non-hydrogen) atoms. The molecule has 0 bridgehead atoms. The van der Waals surface area contributed by atoms with Crippen molar-refractivity contribution in [2.45, 2.75) is 18.2 Å². The number of carbonyl (C=O) groups is 1. The number of methoxy groups -OCH3 is 2. The molecule has 0 radical (unpaired) electrons. The number of aryl methyl sites for hydroxylation is 1. The van der Waals surface area contributed by atoms with Gasteiger partial charge < -0.3 is 9.47 Å². The molecule has 1 aliphatic rings. The highest BCUT2D eigenvalue weighted by Crippen LogP contribution is 2.42. The minimum Gasteiger partial charge on any atom is -0.493 e. The number of hydrogen-bond acceptors (Lipinski definition) is 6. The molecule has 0 aliphatic heterocycles. The van der Waals surface area contributed by atoms with Gasteiger partial charge in [0.25, 0.3) is 10.1 Å². The van der Waals surface area contributed by atoms with Gasteiger partial charge in [0.05, 0.1) is 25.7 Å². The van der Waals surface area contributed by atoms with E-state index in [-0.39, 0.29) is 29.1 Å². The Kier molecular flexibility index (Phi) is 5.53. The van der Waals surface area contributed by atoms with Crippen LogP contribution in [-0.4, -0.2) is 35.0 Å². The van der Waals surface area contributed by atoms with Crippen molar-refractivity contribution >= 4 is 15.9 Å². The normalized spacial score (nSPS) is 18.8. The topological polar surface area (TPSA) is 78.9 Å². The van der Waals surface area contributed by atoms with E-state index in [1.54, 1.807) is 30.3 Å². The highest BCUT2D eigenvalue weighted by atomic mass is 32.2. The van der Waals surface area contributed by atoms with Gasteiger partial charge in [0.2, 0.25) is 0 Å². The molecular weight excluding hydrogens is 368 g/mol. The molecule has 2 aromatic carbocycles. The molecular formula is C20H22O6S. The Balaban J connectivity index is 1.61. The smallest absolute Gasteiger partial charge is 0.296 e. The van der Waals surface area contributed by atoms with Gasteiger partial charge in [0, 0.05) is 11.5 Å². The monoisotopic (exact) mass is 390 g/mol. The summed E-state index contributed by atoms with van der Waals surface area (Å²) in [6, 6.07) is 11.5. The third-order valence-electron chi connectivity index (χ3n) is 4.67. The van der Waals surface area contributed by atoms with E-state index in [0.717, 1.165) is 5.56 Å². The van der Waals surface area contributed by atoms with E-state index < -0.39 is 10.1 Å². The zero-order valence-electron chi connectivity index (χ0n) is 15.5. The minimum atomic E-state index is -3.81. The van der Waals surface area contributed by atoms with Gasteiger partial charge in [-0.25, -0.2) is 0 Å². The van der Waals surface area contributed by atoms with E-state index in [1.807, 2.05) is 6.92 Å². The average molecular weight is 390 g/mol. The maximum Gasteiger partial charge on any atom is 0.296 e. The van der Waals surface area contributed by atoms with E-state index in [2.05, 4.69) is 0 Å². The molecule has 3 rings (SSSR count). The van der Waals surface area contributed by atoms with Crippen LogP contribution in [0.3, 0.4) is 0 Å². The van der Waals surface area contributed by atoms with Crippen LogP contribution in [0.4, 0.5) is 0 Å². The Bertz CT molecular complexity index is 933. The van der Waals surface area contributed by atoms with E-state index in [9.17, 15) is 13.2 Å². The molecule has 1 saturated carbocycles. The van der Waals surface area contributed by atoms with Crippen LogP contribution in [0.15, 0.2) is 47.4 Å². The summed E-state index contributed by atoms with van der Waals surface area (Å²) in [5.74, 6) is 0.645. The molecule has 0 heterocycles. The number of ketones is 1. The summed E-state index contributed by atoms with van der Waals surface area (Å²) >= 11 is 0. The molecule has 7 heteroatoms. The molecule has 2 atom stereocenters. The van der Waals surface area contributed by atoms with Crippen molar-refractivity contribution in [1.29, 1.82) is 0 Å². The molecule has 1 fully saturated rings. The summed E-state index contributed by atoms with van der Waals surface area (Å²) < 4.78 is 40.0. The van der Waals surface area contributed by atoms with Gasteiger partial charge in [-0.05, 0) is 49.6 Å². The standard InChI is InChI=1S/C20H22O6S/c1-13-4-7-16(8-5-13)27(22,23)26-12-15-10-17(15)20(21)14-6-9-18(24-2)19(11-14)25-3/h4-9,11,15,17H,10,12H2,1-3H3. The fraction of sp³-hybridized carbons (Fsp3) is 0.350. The lowest BCUT2D eigenvalue weighted by Gasteiger charge is -2.09. The van der Waals surface area contributed by atoms with Gasteiger partial charge in [-0.2, -0.15) is 8.42 Å². The summed E-state index contributed by atoms with van der Waals surface area (Å²) in [6.07, 6.45) is 0.608. The van der Waals surface area contributed by atoms with Gasteiger partial charge in [-0.1, -0.05) is 17.7 Å². The molecule has 0 N–H and O–H groups in total. The summed E-state index contributed by atoms with van der Waals surface area (Å²) in [6.45, 7) is 1.88. The van der Waals surface area contributed by atoms with Gasteiger partial charge >= 0.3 is 0 Å². The first-order valence-corrected chi connectivity index (χ1v) is 9.99. The second-order valence-corrected chi connectivity index (χ2v) is 8.20. The van der Waals surface area contributed by atoms with Crippen LogP contribution < -0.4 is 9.47 Å². The third-order valence-corrected chi connectivity index (χ3v) is 5.97. The van der Waals surface area contributed by atoms with Crippen molar-refractivity contribution < 1.29 is 26.9 Å². The molecule has 2 unspecified atom stereocenters. The molecule has 144 valence electrons. The summed E-state index contributed by atoms with van der Waals surface area (Å²) in [5.41, 5.74) is 1.48. The van der Waals surface area contributed by atoms with Crippen LogP contribution in [0.2, 0.25) is 0 Å². The minimum absolute atomic E-state index is 0.0000932. The highest BCUT2D eigenvalue weighted by Gasteiger charge is 2.44. The fourth-order valence-corrected chi connectivity index (χ4v) is 3.87. The highest BCUT2D eigenvalue weighted by molar-refractivity contribution is 7.86. The Morgan fingerprint density at radius 3 is 2.33 bits per heavy atom. The summed E-state index contributed by atoms with van der Waals surface area (Å²) in [7, 11) is -0.774. The number of Topliss-reactive ketones (excluding diaryl/α,β-unsaturated/α-hetero) is 1. The van der Waals surface area contributed by atoms with Gasteiger partial charge in [0.1, 0.15) is 0 Å². The van der Waals surface area contributed by atoms with Gasteiger partial charge in [-0.15, -0.1) is 0 Å². The predicted molar refractivity (Wildman–Crippen MR) is 99.8 cm³/mol. The fourth-order valence-electron chi connectivity index (χ4n) is 2.91. The first-order valence-electron chi connectivity index (χ1n) is 8.58. The Morgan fingerprint density at radius 1 is 1.04 bits per heavy atom. The zero-order chi connectivity index (χ0) is 19.6. The molecule has 6 nitrogen and oxygen atoms in total. The van der Waals surface area contributed by atoms with Crippen LogP contribution in [0.5, 0.6) is 11.5 Å². The largest absolute Gasteiger partial charge is 0.493 e. The van der Waals surface area contributed by atoms with E-state index >= 15 is 0 Å². The molecule has 0 spiro atoms. The molecule has 0 saturated heterocycles. The second kappa shape index (κ2) is 7.70. The van der Waals surface area contributed by atoms with Crippen molar-refractivity contribution in [1.82, 2.24) is 0 Å². The quantitative estimate of drug-likeness (QED) is 0.509. The lowest BCUT2D eigenvalue weighted by Crippen LogP contribution is -2.11. The van der Waals surface area contributed by atoms with Crippen LogP contribution >= 0.6 is 0 Å². The Morgan fingerprint density at radius 2 is 1.70 bits per heavy atom. The number of carbonyl (C=O) groups excluding carboxylic acids is 1. The molecule has 0 aromatic heterocycles. The van der Waals surface area contributed by atoms with E-state index in [0.29, 0.717) is 23.5 Å². The number of hydrogen-bond donors (Lipinski definition) is 0. The molecule has 1 aliphatic carbocycles. The van der Waals surface area contributed by atoms with Crippen molar-refractivity contribution in [3.63, 3.8) is 0 Å². The number of benzene rings is 2. The summed E-state index contributed by atoms with van der Waals surface area (Å²) in [4.78, 5) is 12.7. The SMILES string of the molecule is COc1ccc(C(=O)C2CC2COS(=O)(=O)c2ccc(C)cc2)cc1OC. The van der Waals surface area contributed by atoms with E-state index in [1.165, 1.54) is 26.4 Å². The van der Waals surface area contributed by atoms with Crippen LogP contribution in [0.1, 0.15) is 22.3 Å².